The number of H-pyrrole nitrogens is 1. The zero-order valence-corrected chi connectivity index (χ0v) is 15.9. The van der Waals surface area contributed by atoms with Crippen molar-refractivity contribution in [2.75, 3.05) is 32.6 Å². The molecule has 2 heterocycles. The molecule has 3 aromatic rings. The van der Waals surface area contributed by atoms with E-state index in [0.717, 1.165) is 47.7 Å². The Hall–Kier alpha value is -2.73. The van der Waals surface area contributed by atoms with Gasteiger partial charge in [-0.15, -0.1) is 0 Å². The lowest BCUT2D eigenvalue weighted by molar-refractivity contribution is 0.208. The number of rotatable bonds is 6. The average molecular weight is 366 g/mol. The highest BCUT2D eigenvalue weighted by Gasteiger charge is 2.20. The second kappa shape index (κ2) is 7.88. The number of benzene rings is 2. The maximum atomic E-state index is 5.40. The van der Waals surface area contributed by atoms with Crippen molar-refractivity contribution in [3.63, 3.8) is 0 Å². The van der Waals surface area contributed by atoms with E-state index in [-0.39, 0.29) is 0 Å². The van der Waals surface area contributed by atoms with Gasteiger partial charge in [-0.25, -0.2) is 0 Å². The van der Waals surface area contributed by atoms with Crippen molar-refractivity contribution in [2.24, 2.45) is 0 Å². The lowest BCUT2D eigenvalue weighted by Gasteiger charge is -2.33. The van der Waals surface area contributed by atoms with Crippen LogP contribution in [0.5, 0.6) is 11.5 Å². The van der Waals surface area contributed by atoms with Crippen LogP contribution in [0.25, 0.3) is 10.9 Å². The summed E-state index contributed by atoms with van der Waals surface area (Å²) in [6.45, 7) is 3.02. The molecule has 1 atom stereocenters. The van der Waals surface area contributed by atoms with Crippen LogP contribution < -0.4 is 14.8 Å². The lowest BCUT2D eigenvalue weighted by atomic mass is 10.0. The Balaban J connectivity index is 1.42. The maximum Gasteiger partial charge on any atom is 0.122 e. The Morgan fingerprint density at radius 3 is 2.74 bits per heavy atom. The molecular formula is C21H26N4O2. The molecule has 0 radical (unpaired) electrons. The van der Waals surface area contributed by atoms with Crippen molar-refractivity contribution in [2.45, 2.75) is 25.4 Å². The predicted molar refractivity (Wildman–Crippen MR) is 108 cm³/mol. The monoisotopic (exact) mass is 366 g/mol. The molecule has 2 aromatic carbocycles. The first-order chi connectivity index (χ1) is 13.2. The van der Waals surface area contributed by atoms with Gasteiger partial charge in [-0.1, -0.05) is 0 Å². The molecule has 1 unspecified atom stereocenters. The first kappa shape index (κ1) is 17.7. The molecule has 0 aliphatic carbocycles. The summed E-state index contributed by atoms with van der Waals surface area (Å²) >= 11 is 0. The van der Waals surface area contributed by atoms with Gasteiger partial charge in [-0.05, 0) is 55.3 Å². The number of fused-ring (bicyclic) bond motifs is 1. The molecule has 6 nitrogen and oxygen atoms in total. The molecule has 0 spiro atoms. The highest BCUT2D eigenvalue weighted by atomic mass is 16.5. The predicted octanol–water partition coefficient (Wildman–Crippen LogP) is 3.66. The van der Waals surface area contributed by atoms with Gasteiger partial charge in [0.05, 0.1) is 25.9 Å². The van der Waals surface area contributed by atoms with Gasteiger partial charge in [0.2, 0.25) is 0 Å². The standard InChI is InChI=1S/C21H26N4O2/c1-26-19-8-15(9-20(11-19)27-2)13-25-7-3-4-18(14-25)23-17-5-6-21-16(10-17)12-22-24-21/h5-6,8-12,18,23H,3-4,7,13-14H2,1-2H3,(H,22,24). The van der Waals surface area contributed by atoms with E-state index in [0.29, 0.717) is 6.04 Å². The van der Waals surface area contributed by atoms with Crippen LogP contribution in [0.2, 0.25) is 0 Å². The van der Waals surface area contributed by atoms with Crippen molar-refractivity contribution in [1.29, 1.82) is 0 Å². The first-order valence-electron chi connectivity index (χ1n) is 9.37. The summed E-state index contributed by atoms with van der Waals surface area (Å²) in [6.07, 6.45) is 4.23. The number of aromatic amines is 1. The normalized spacial score (nSPS) is 17.8. The zero-order chi connectivity index (χ0) is 18.6. The van der Waals surface area contributed by atoms with Gasteiger partial charge in [-0.2, -0.15) is 5.10 Å². The topological polar surface area (TPSA) is 62.4 Å². The van der Waals surface area contributed by atoms with Crippen molar-refractivity contribution in [3.8, 4) is 11.5 Å². The quantitative estimate of drug-likeness (QED) is 0.697. The van der Waals surface area contributed by atoms with Gasteiger partial charge in [0.25, 0.3) is 0 Å². The second-order valence-electron chi connectivity index (χ2n) is 7.11. The number of ether oxygens (including phenoxy) is 2. The summed E-state index contributed by atoms with van der Waals surface area (Å²) in [7, 11) is 3.38. The number of nitrogens with one attached hydrogen (secondary N) is 2. The number of hydrogen-bond acceptors (Lipinski definition) is 5. The molecule has 2 N–H and O–H groups in total. The van der Waals surface area contributed by atoms with Crippen LogP contribution in [0, 0.1) is 0 Å². The SMILES string of the molecule is COc1cc(CN2CCCC(Nc3ccc4[nH]ncc4c3)C2)cc(OC)c1. The van der Waals surface area contributed by atoms with E-state index in [4.69, 9.17) is 9.47 Å². The van der Waals surface area contributed by atoms with Gasteiger partial charge in [-0.3, -0.25) is 10.00 Å². The minimum Gasteiger partial charge on any atom is -0.497 e. The Labute approximate surface area is 159 Å². The Morgan fingerprint density at radius 1 is 1.15 bits per heavy atom. The molecule has 1 aromatic heterocycles. The Bertz CT molecular complexity index is 886. The van der Waals surface area contributed by atoms with Crippen molar-refractivity contribution in [3.05, 3.63) is 48.2 Å². The third-order valence-electron chi connectivity index (χ3n) is 5.13. The van der Waals surface area contributed by atoms with Gasteiger partial charge >= 0.3 is 0 Å². The Morgan fingerprint density at radius 2 is 1.96 bits per heavy atom. The van der Waals surface area contributed by atoms with E-state index in [1.54, 1.807) is 14.2 Å². The van der Waals surface area contributed by atoms with Crippen LogP contribution in [0.4, 0.5) is 5.69 Å². The van der Waals surface area contributed by atoms with E-state index in [1.807, 2.05) is 12.3 Å². The fourth-order valence-electron chi connectivity index (χ4n) is 3.80. The fourth-order valence-corrected chi connectivity index (χ4v) is 3.80. The molecule has 142 valence electrons. The first-order valence-corrected chi connectivity index (χ1v) is 9.37. The van der Waals surface area contributed by atoms with Crippen LogP contribution >= 0.6 is 0 Å². The third kappa shape index (κ3) is 4.17. The maximum absolute atomic E-state index is 5.40. The van der Waals surface area contributed by atoms with Crippen molar-refractivity contribution in [1.82, 2.24) is 15.1 Å². The summed E-state index contributed by atoms with van der Waals surface area (Å²) in [5, 5.41) is 11.9. The molecule has 0 bridgehead atoms. The molecule has 0 amide bonds. The number of likely N-dealkylation sites (tertiary alicyclic amines) is 1. The van der Waals surface area contributed by atoms with E-state index in [1.165, 1.54) is 18.4 Å². The van der Waals surface area contributed by atoms with Crippen LogP contribution in [0.1, 0.15) is 18.4 Å². The highest BCUT2D eigenvalue weighted by molar-refractivity contribution is 5.81. The molecule has 0 saturated carbocycles. The summed E-state index contributed by atoms with van der Waals surface area (Å²) in [6, 6.07) is 12.9. The van der Waals surface area contributed by atoms with Gasteiger partial charge < -0.3 is 14.8 Å². The number of hydrogen-bond donors (Lipinski definition) is 2. The molecule has 6 heteroatoms. The number of aromatic nitrogens is 2. The molecular weight excluding hydrogens is 340 g/mol. The number of nitrogens with zero attached hydrogens (tertiary/aromatic N) is 2. The van der Waals surface area contributed by atoms with E-state index in [2.05, 4.69) is 50.7 Å². The fraction of sp³-hybridized carbons (Fsp3) is 0.381. The molecule has 4 rings (SSSR count). The minimum absolute atomic E-state index is 0.440. The number of anilines is 1. The van der Waals surface area contributed by atoms with Crippen LogP contribution in [-0.4, -0.2) is 48.4 Å². The van der Waals surface area contributed by atoms with Gasteiger partial charge in [0.15, 0.2) is 0 Å². The Kier molecular flexibility index (Phi) is 5.16. The third-order valence-corrected chi connectivity index (χ3v) is 5.13. The highest BCUT2D eigenvalue weighted by Crippen LogP contribution is 2.25. The summed E-state index contributed by atoms with van der Waals surface area (Å²) in [5.74, 6) is 1.67. The van der Waals surface area contributed by atoms with Gasteiger partial charge in [0.1, 0.15) is 11.5 Å². The average Bonchev–Trinajstić information content (AvgIpc) is 3.15. The lowest BCUT2D eigenvalue weighted by Crippen LogP contribution is -2.41. The molecule has 1 saturated heterocycles. The second-order valence-corrected chi connectivity index (χ2v) is 7.11. The van der Waals surface area contributed by atoms with E-state index < -0.39 is 0 Å². The summed E-state index contributed by atoms with van der Waals surface area (Å²) < 4.78 is 10.8. The number of methoxy groups -OCH3 is 2. The summed E-state index contributed by atoms with van der Waals surface area (Å²) in [4.78, 5) is 2.49. The van der Waals surface area contributed by atoms with Crippen LogP contribution in [-0.2, 0) is 6.54 Å². The largest absolute Gasteiger partial charge is 0.497 e. The van der Waals surface area contributed by atoms with E-state index >= 15 is 0 Å². The minimum atomic E-state index is 0.440. The van der Waals surface area contributed by atoms with Crippen molar-refractivity contribution < 1.29 is 9.47 Å². The number of piperidine rings is 1. The molecule has 1 aliphatic rings. The smallest absolute Gasteiger partial charge is 0.122 e. The van der Waals surface area contributed by atoms with Gasteiger partial charge in [0, 0.05) is 36.3 Å². The van der Waals surface area contributed by atoms with Crippen LogP contribution in [0.15, 0.2) is 42.6 Å². The zero-order valence-electron chi connectivity index (χ0n) is 15.9. The molecule has 1 fully saturated rings. The van der Waals surface area contributed by atoms with Crippen LogP contribution in [0.3, 0.4) is 0 Å². The van der Waals surface area contributed by atoms with E-state index in [9.17, 15) is 0 Å². The molecule has 27 heavy (non-hydrogen) atoms. The summed E-state index contributed by atoms with van der Waals surface area (Å²) in [5.41, 5.74) is 3.43. The van der Waals surface area contributed by atoms with Crippen molar-refractivity contribution >= 4 is 16.6 Å². The molecule has 1 aliphatic heterocycles.